The molecule has 0 amide bonds. The lowest BCUT2D eigenvalue weighted by Gasteiger charge is -1.95. The molecule has 1 heterocycles. The lowest BCUT2D eigenvalue weighted by Crippen LogP contribution is -2.17. The first-order valence-corrected chi connectivity index (χ1v) is 7.18. The molecule has 1 aromatic heterocycles. The third-order valence-electron chi connectivity index (χ3n) is 2.48. The highest BCUT2D eigenvalue weighted by molar-refractivity contribution is 7.85. The van der Waals surface area contributed by atoms with E-state index in [1.54, 1.807) is 12.1 Å². The van der Waals surface area contributed by atoms with Gasteiger partial charge in [-0.1, -0.05) is 23.8 Å². The highest BCUT2D eigenvalue weighted by Gasteiger charge is 2.06. The van der Waals surface area contributed by atoms with Crippen molar-refractivity contribution in [2.24, 2.45) is 18.0 Å². The molecule has 0 atom stereocenters. The lowest BCUT2D eigenvalue weighted by molar-refractivity contribution is 0.483. The van der Waals surface area contributed by atoms with Crippen LogP contribution in [0.5, 0.6) is 0 Å². The van der Waals surface area contributed by atoms with Gasteiger partial charge in [-0.15, -0.1) is 0 Å². The van der Waals surface area contributed by atoms with Crippen molar-refractivity contribution < 1.29 is 13.0 Å². The second-order valence-electron chi connectivity index (χ2n) is 4.09. The molecule has 0 aliphatic carbocycles. The Labute approximate surface area is 117 Å². The summed E-state index contributed by atoms with van der Waals surface area (Å²) in [5.74, 6) is 5.05. The van der Waals surface area contributed by atoms with Crippen LogP contribution in [0.25, 0.3) is 0 Å². The minimum atomic E-state index is -4.02. The molecular weight excluding hydrogens is 278 g/mol. The van der Waals surface area contributed by atoms with Crippen molar-refractivity contribution in [2.75, 3.05) is 0 Å². The van der Waals surface area contributed by atoms with E-state index in [4.69, 9.17) is 10.4 Å². The fourth-order valence-electron chi connectivity index (χ4n) is 1.36. The van der Waals surface area contributed by atoms with Gasteiger partial charge in [-0.05, 0) is 31.2 Å². The molecule has 0 bridgehead atoms. The number of aryl methyl sites for hydroxylation is 2. The Bertz CT molecular complexity index is 719. The molecule has 0 saturated heterocycles. The summed E-state index contributed by atoms with van der Waals surface area (Å²) in [5.41, 5.74) is 1.73. The average molecular weight is 295 g/mol. The smallest absolute Gasteiger partial charge is 0.294 e. The van der Waals surface area contributed by atoms with Gasteiger partial charge in [0.2, 0.25) is 0 Å². The molecule has 2 aromatic rings. The summed E-state index contributed by atoms with van der Waals surface area (Å²) in [6, 6.07) is 11.7. The summed E-state index contributed by atoms with van der Waals surface area (Å²) in [6.07, 6.45) is 1.89. The number of aromatic nitrogens is 1. The van der Waals surface area contributed by atoms with Crippen LogP contribution in [0.15, 0.2) is 58.7 Å². The van der Waals surface area contributed by atoms with Crippen molar-refractivity contribution >= 4 is 10.1 Å². The van der Waals surface area contributed by atoms with Gasteiger partial charge in [-0.2, -0.15) is 13.5 Å². The second kappa shape index (κ2) is 6.88. The highest BCUT2D eigenvalue weighted by Crippen LogP contribution is 2.08. The molecule has 0 spiro atoms. The predicted octanol–water partition coefficient (Wildman–Crippen LogP) is 1.04. The van der Waals surface area contributed by atoms with Crippen LogP contribution in [0.3, 0.4) is 0 Å². The average Bonchev–Trinajstić information content (AvgIpc) is 2.39. The van der Waals surface area contributed by atoms with Gasteiger partial charge in [0.15, 0.2) is 5.49 Å². The van der Waals surface area contributed by atoms with Crippen molar-refractivity contribution in [2.45, 2.75) is 11.8 Å². The molecule has 7 heteroatoms. The van der Waals surface area contributed by atoms with E-state index in [1.807, 2.05) is 42.9 Å². The molecule has 0 aliphatic rings. The molecule has 0 unspecified atom stereocenters. The summed E-state index contributed by atoms with van der Waals surface area (Å²) >= 11 is 0. The van der Waals surface area contributed by atoms with Crippen LogP contribution in [-0.2, 0) is 17.2 Å². The normalized spacial score (nSPS) is 11.7. The molecule has 108 valence electrons. The highest BCUT2D eigenvalue weighted by atomic mass is 32.2. The quantitative estimate of drug-likeness (QED) is 0.466. The van der Waals surface area contributed by atoms with E-state index in [2.05, 4.69) is 5.10 Å². The minimum Gasteiger partial charge on any atom is -0.335 e. The fraction of sp³-hybridized carbons (Fsp3) is 0.154. The van der Waals surface area contributed by atoms with Crippen LogP contribution in [-0.4, -0.2) is 17.5 Å². The van der Waals surface area contributed by atoms with Gasteiger partial charge in [-0.3, -0.25) is 4.55 Å². The summed E-state index contributed by atoms with van der Waals surface area (Å²) in [6.45, 7) is 1.84. The predicted molar refractivity (Wildman–Crippen MR) is 76.2 cm³/mol. The number of rotatable bonds is 1. The van der Waals surface area contributed by atoms with Gasteiger partial charge >= 0.3 is 0 Å². The number of hydrogen-bond acceptors (Lipinski definition) is 4. The van der Waals surface area contributed by atoms with E-state index in [0.29, 0.717) is 0 Å². The Balaban J connectivity index is 0.000000204. The maximum atomic E-state index is 10.5. The molecule has 20 heavy (non-hydrogen) atoms. The third kappa shape index (κ3) is 4.87. The van der Waals surface area contributed by atoms with E-state index in [9.17, 15) is 8.42 Å². The van der Waals surface area contributed by atoms with Crippen molar-refractivity contribution in [3.05, 3.63) is 59.7 Å². The van der Waals surface area contributed by atoms with Crippen LogP contribution >= 0.6 is 0 Å². The number of nitrogens with zero attached hydrogens (tertiary/aromatic N) is 2. The fourth-order valence-corrected chi connectivity index (χ4v) is 1.84. The molecule has 1 aromatic carbocycles. The SMILES string of the molecule is Cc1ccc(S(=O)(=O)O)cc1.Cn1cccc/c1=N/N. The van der Waals surface area contributed by atoms with Crippen molar-refractivity contribution in [3.8, 4) is 0 Å². The Morgan fingerprint density at radius 2 is 1.75 bits per heavy atom. The molecule has 0 aliphatic heterocycles. The number of pyridine rings is 1. The van der Waals surface area contributed by atoms with Crippen LogP contribution in [0.4, 0.5) is 0 Å². The number of benzene rings is 1. The first kappa shape index (κ1) is 15.9. The largest absolute Gasteiger partial charge is 0.335 e. The first-order valence-electron chi connectivity index (χ1n) is 5.74. The van der Waals surface area contributed by atoms with Gasteiger partial charge in [0.1, 0.15) is 0 Å². The Morgan fingerprint density at radius 3 is 2.15 bits per heavy atom. The van der Waals surface area contributed by atoms with Crippen LogP contribution in [0, 0.1) is 6.92 Å². The van der Waals surface area contributed by atoms with E-state index in [-0.39, 0.29) is 4.90 Å². The van der Waals surface area contributed by atoms with Crippen LogP contribution < -0.4 is 11.3 Å². The summed E-state index contributed by atoms with van der Waals surface area (Å²) in [4.78, 5) is -0.0666. The number of hydrogen-bond donors (Lipinski definition) is 2. The van der Waals surface area contributed by atoms with E-state index >= 15 is 0 Å². The van der Waals surface area contributed by atoms with E-state index < -0.39 is 10.1 Å². The zero-order valence-electron chi connectivity index (χ0n) is 11.3. The zero-order chi connectivity index (χ0) is 15.2. The summed E-state index contributed by atoms with van der Waals surface area (Å²) in [5, 5.41) is 3.53. The Hall–Kier alpha value is -2.12. The van der Waals surface area contributed by atoms with Gasteiger partial charge in [-0.25, -0.2) is 0 Å². The second-order valence-corrected chi connectivity index (χ2v) is 5.51. The Kier molecular flexibility index (Phi) is 5.48. The van der Waals surface area contributed by atoms with Gasteiger partial charge < -0.3 is 10.4 Å². The number of nitrogens with two attached hydrogens (primary N) is 1. The summed E-state index contributed by atoms with van der Waals surface area (Å²) in [7, 11) is -2.13. The maximum absolute atomic E-state index is 10.5. The van der Waals surface area contributed by atoms with Gasteiger partial charge in [0, 0.05) is 13.2 Å². The van der Waals surface area contributed by atoms with Crippen molar-refractivity contribution in [1.82, 2.24) is 4.57 Å². The van der Waals surface area contributed by atoms with Gasteiger partial charge in [0.05, 0.1) is 4.90 Å². The van der Waals surface area contributed by atoms with E-state index in [1.165, 1.54) is 12.1 Å². The minimum absolute atomic E-state index is 0.0666. The van der Waals surface area contributed by atoms with E-state index in [0.717, 1.165) is 11.1 Å². The molecule has 6 nitrogen and oxygen atoms in total. The molecule has 0 saturated carbocycles. The first-order chi connectivity index (χ1) is 9.34. The molecule has 0 fully saturated rings. The topological polar surface area (TPSA) is 97.7 Å². The van der Waals surface area contributed by atoms with Crippen LogP contribution in [0.2, 0.25) is 0 Å². The van der Waals surface area contributed by atoms with Crippen molar-refractivity contribution in [3.63, 3.8) is 0 Å². The third-order valence-corrected chi connectivity index (χ3v) is 3.35. The molecular formula is C13H17N3O3S. The maximum Gasteiger partial charge on any atom is 0.294 e. The van der Waals surface area contributed by atoms with Crippen LogP contribution in [0.1, 0.15) is 5.56 Å². The zero-order valence-corrected chi connectivity index (χ0v) is 12.1. The monoisotopic (exact) mass is 295 g/mol. The standard InChI is InChI=1S/C7H8O3S.C6H9N3/c1-6-2-4-7(5-3-6)11(8,9)10;1-9-5-3-2-4-6(9)8-7/h2-5H,1H3,(H,8,9,10);2-5H,7H2,1H3/b;8-6-. The molecule has 2 rings (SSSR count). The Morgan fingerprint density at radius 1 is 1.15 bits per heavy atom. The van der Waals surface area contributed by atoms with Gasteiger partial charge in [0.25, 0.3) is 10.1 Å². The van der Waals surface area contributed by atoms with Crippen molar-refractivity contribution in [1.29, 1.82) is 0 Å². The molecule has 3 N–H and O–H groups in total. The lowest BCUT2D eigenvalue weighted by atomic mass is 10.2. The molecule has 0 radical (unpaired) electrons. The summed E-state index contributed by atoms with van der Waals surface area (Å²) < 4.78 is 31.4.